The third-order valence-electron chi connectivity index (χ3n) is 2.92. The molecule has 1 aromatic carbocycles. The van der Waals surface area contributed by atoms with Crippen LogP contribution in [0.5, 0.6) is 0 Å². The molecule has 17 heavy (non-hydrogen) atoms. The summed E-state index contributed by atoms with van der Waals surface area (Å²) in [6.07, 6.45) is 0.963. The van der Waals surface area contributed by atoms with E-state index in [9.17, 15) is 0 Å². The highest BCUT2D eigenvalue weighted by Gasteiger charge is 2.07. The number of H-pyrrole nitrogens is 1. The number of hydrogen-bond acceptors (Lipinski definition) is 2. The van der Waals surface area contributed by atoms with Crippen LogP contribution >= 0.6 is 0 Å². The molecule has 2 N–H and O–H groups in total. The SMILES string of the molecule is CNCCc1nc(-c2ccc(C)cc2)[nH]c1C. The van der Waals surface area contributed by atoms with Gasteiger partial charge in [-0.25, -0.2) is 4.98 Å². The quantitative estimate of drug-likeness (QED) is 0.845. The molecule has 0 fully saturated rings. The van der Waals surface area contributed by atoms with Gasteiger partial charge >= 0.3 is 0 Å². The molecule has 0 aliphatic rings. The molecule has 0 saturated heterocycles. The first-order chi connectivity index (χ1) is 8.20. The summed E-state index contributed by atoms with van der Waals surface area (Å²) in [6.45, 7) is 5.13. The molecular weight excluding hydrogens is 210 g/mol. The van der Waals surface area contributed by atoms with E-state index in [1.165, 1.54) is 5.56 Å². The van der Waals surface area contributed by atoms with E-state index in [1.807, 2.05) is 7.05 Å². The summed E-state index contributed by atoms with van der Waals surface area (Å²) in [6, 6.07) is 8.44. The van der Waals surface area contributed by atoms with Crippen LogP contribution in [0, 0.1) is 13.8 Å². The maximum atomic E-state index is 4.65. The van der Waals surface area contributed by atoms with E-state index in [0.29, 0.717) is 0 Å². The van der Waals surface area contributed by atoms with Crippen LogP contribution in [-0.4, -0.2) is 23.6 Å². The number of likely N-dealkylation sites (N-methyl/N-ethyl adjacent to an activating group) is 1. The molecule has 0 radical (unpaired) electrons. The monoisotopic (exact) mass is 229 g/mol. The number of aromatic nitrogens is 2. The summed E-state index contributed by atoms with van der Waals surface area (Å²) in [5.41, 5.74) is 4.73. The van der Waals surface area contributed by atoms with Crippen LogP contribution in [-0.2, 0) is 6.42 Å². The van der Waals surface area contributed by atoms with Crippen molar-refractivity contribution < 1.29 is 0 Å². The number of benzene rings is 1. The summed E-state index contributed by atoms with van der Waals surface area (Å²) < 4.78 is 0. The molecule has 2 aromatic rings. The Balaban J connectivity index is 2.24. The Bertz CT molecular complexity index is 483. The Labute approximate surface area is 102 Å². The van der Waals surface area contributed by atoms with Crippen molar-refractivity contribution in [3.05, 3.63) is 41.2 Å². The molecule has 0 amide bonds. The molecule has 2 rings (SSSR count). The highest BCUT2D eigenvalue weighted by atomic mass is 14.9. The third kappa shape index (κ3) is 2.74. The molecule has 3 heteroatoms. The van der Waals surface area contributed by atoms with Gasteiger partial charge < -0.3 is 10.3 Å². The smallest absolute Gasteiger partial charge is 0.137 e. The molecule has 0 unspecified atom stereocenters. The molecule has 0 atom stereocenters. The normalized spacial score (nSPS) is 10.8. The lowest BCUT2D eigenvalue weighted by molar-refractivity contribution is 0.776. The molecule has 1 aromatic heterocycles. The second-order valence-electron chi connectivity index (χ2n) is 4.38. The lowest BCUT2D eigenvalue weighted by Crippen LogP contribution is -2.11. The summed E-state index contributed by atoms with van der Waals surface area (Å²) >= 11 is 0. The minimum absolute atomic E-state index is 0.957. The van der Waals surface area contributed by atoms with Gasteiger partial charge in [0, 0.05) is 24.2 Å². The van der Waals surface area contributed by atoms with Gasteiger partial charge in [0.2, 0.25) is 0 Å². The van der Waals surface area contributed by atoms with Gasteiger partial charge in [-0.2, -0.15) is 0 Å². The number of aromatic amines is 1. The fraction of sp³-hybridized carbons (Fsp3) is 0.357. The molecule has 0 aliphatic heterocycles. The minimum atomic E-state index is 0.957. The van der Waals surface area contributed by atoms with Crippen molar-refractivity contribution >= 4 is 0 Å². The second-order valence-corrected chi connectivity index (χ2v) is 4.38. The van der Waals surface area contributed by atoms with Crippen LogP contribution < -0.4 is 5.32 Å². The van der Waals surface area contributed by atoms with Gasteiger partial charge in [0.25, 0.3) is 0 Å². The molecule has 0 bridgehead atoms. The lowest BCUT2D eigenvalue weighted by Gasteiger charge is -1.97. The zero-order chi connectivity index (χ0) is 12.3. The van der Waals surface area contributed by atoms with Crippen LogP contribution in [0.25, 0.3) is 11.4 Å². The largest absolute Gasteiger partial charge is 0.342 e. The Morgan fingerprint density at radius 2 is 1.88 bits per heavy atom. The van der Waals surface area contributed by atoms with Crippen molar-refractivity contribution in [3.63, 3.8) is 0 Å². The summed E-state index contributed by atoms with van der Waals surface area (Å²) in [5, 5.41) is 3.15. The molecule has 3 nitrogen and oxygen atoms in total. The first-order valence-electron chi connectivity index (χ1n) is 5.98. The van der Waals surface area contributed by atoms with Crippen LogP contribution in [0.1, 0.15) is 17.0 Å². The minimum Gasteiger partial charge on any atom is -0.342 e. The van der Waals surface area contributed by atoms with Crippen molar-refractivity contribution in [2.75, 3.05) is 13.6 Å². The van der Waals surface area contributed by atoms with E-state index in [-0.39, 0.29) is 0 Å². The van der Waals surface area contributed by atoms with Gasteiger partial charge in [-0.05, 0) is 20.9 Å². The van der Waals surface area contributed by atoms with Gasteiger partial charge in [0.15, 0.2) is 0 Å². The second kappa shape index (κ2) is 5.15. The van der Waals surface area contributed by atoms with Gasteiger partial charge in [-0.1, -0.05) is 29.8 Å². The maximum absolute atomic E-state index is 4.65. The van der Waals surface area contributed by atoms with Crippen LogP contribution in [0.15, 0.2) is 24.3 Å². The van der Waals surface area contributed by atoms with Crippen molar-refractivity contribution in [3.8, 4) is 11.4 Å². The van der Waals surface area contributed by atoms with E-state index in [1.54, 1.807) is 0 Å². The zero-order valence-corrected chi connectivity index (χ0v) is 10.7. The molecule has 1 heterocycles. The lowest BCUT2D eigenvalue weighted by atomic mass is 10.1. The summed E-state index contributed by atoms with van der Waals surface area (Å²) in [4.78, 5) is 8.00. The van der Waals surface area contributed by atoms with E-state index in [4.69, 9.17) is 0 Å². The number of hydrogen-bond donors (Lipinski definition) is 2. The average molecular weight is 229 g/mol. The topological polar surface area (TPSA) is 40.7 Å². The predicted octanol–water partition coefficient (Wildman–Crippen LogP) is 2.46. The Kier molecular flexibility index (Phi) is 3.59. The number of rotatable bonds is 4. The van der Waals surface area contributed by atoms with Gasteiger partial charge in [-0.3, -0.25) is 0 Å². The Morgan fingerprint density at radius 3 is 2.53 bits per heavy atom. The third-order valence-corrected chi connectivity index (χ3v) is 2.92. The van der Waals surface area contributed by atoms with Crippen molar-refractivity contribution in [2.45, 2.75) is 20.3 Å². The van der Waals surface area contributed by atoms with Crippen molar-refractivity contribution in [2.24, 2.45) is 0 Å². The molecule has 0 saturated carbocycles. The molecule has 90 valence electrons. The predicted molar refractivity (Wildman–Crippen MR) is 71.1 cm³/mol. The summed E-state index contributed by atoms with van der Waals surface area (Å²) in [7, 11) is 1.96. The standard InChI is InChI=1S/C14H19N3/c1-10-4-6-12(7-5-10)14-16-11(2)13(17-14)8-9-15-3/h4-7,15H,8-9H2,1-3H3,(H,16,17). The van der Waals surface area contributed by atoms with Gasteiger partial charge in [0.1, 0.15) is 5.82 Å². The van der Waals surface area contributed by atoms with Crippen molar-refractivity contribution in [1.29, 1.82) is 0 Å². The van der Waals surface area contributed by atoms with Gasteiger partial charge in [-0.15, -0.1) is 0 Å². The number of nitrogens with one attached hydrogen (secondary N) is 2. The molecular formula is C14H19N3. The Hall–Kier alpha value is -1.61. The van der Waals surface area contributed by atoms with E-state index in [2.05, 4.69) is 53.4 Å². The number of nitrogens with zero attached hydrogens (tertiary/aromatic N) is 1. The maximum Gasteiger partial charge on any atom is 0.137 e. The van der Waals surface area contributed by atoms with E-state index < -0.39 is 0 Å². The first-order valence-corrected chi connectivity index (χ1v) is 5.98. The fourth-order valence-electron chi connectivity index (χ4n) is 1.83. The van der Waals surface area contributed by atoms with Crippen molar-refractivity contribution in [1.82, 2.24) is 15.3 Å². The average Bonchev–Trinajstić information content (AvgIpc) is 2.69. The van der Waals surface area contributed by atoms with Gasteiger partial charge in [0.05, 0.1) is 5.69 Å². The van der Waals surface area contributed by atoms with Crippen LogP contribution in [0.2, 0.25) is 0 Å². The number of imidazole rings is 1. The first kappa shape index (κ1) is 11.9. The van der Waals surface area contributed by atoms with E-state index in [0.717, 1.165) is 35.7 Å². The molecule has 0 aliphatic carbocycles. The van der Waals surface area contributed by atoms with Crippen LogP contribution in [0.4, 0.5) is 0 Å². The fourth-order valence-corrected chi connectivity index (χ4v) is 1.83. The highest BCUT2D eigenvalue weighted by Crippen LogP contribution is 2.18. The number of aryl methyl sites for hydroxylation is 2. The van der Waals surface area contributed by atoms with Crippen LogP contribution in [0.3, 0.4) is 0 Å². The van der Waals surface area contributed by atoms with E-state index >= 15 is 0 Å². The Morgan fingerprint density at radius 1 is 1.18 bits per heavy atom. The highest BCUT2D eigenvalue weighted by molar-refractivity contribution is 5.56. The zero-order valence-electron chi connectivity index (χ0n) is 10.7. The summed E-state index contributed by atoms with van der Waals surface area (Å²) in [5.74, 6) is 0.966. The molecule has 0 spiro atoms.